The normalized spacial score (nSPS) is 15.7. The van der Waals surface area contributed by atoms with Gasteiger partial charge in [0, 0.05) is 32.2 Å². The van der Waals surface area contributed by atoms with Crippen molar-refractivity contribution in [3.8, 4) is 5.75 Å². The van der Waals surface area contributed by atoms with Gasteiger partial charge in [-0.2, -0.15) is 4.31 Å². The lowest BCUT2D eigenvalue weighted by molar-refractivity contribution is -0.134. The van der Waals surface area contributed by atoms with E-state index in [9.17, 15) is 22.0 Å². The van der Waals surface area contributed by atoms with Crippen molar-refractivity contribution < 1.29 is 26.7 Å². The molecule has 0 bridgehead atoms. The Morgan fingerprint density at radius 2 is 1.85 bits per heavy atom. The number of benzene rings is 1. The molecule has 0 atom stereocenters. The van der Waals surface area contributed by atoms with Gasteiger partial charge in [-0.05, 0) is 24.3 Å². The highest BCUT2D eigenvalue weighted by atomic mass is 35.5. The molecular formula is C16H15ClF2N2O4S2. The number of hydrogen-bond donors (Lipinski definition) is 0. The molecular weight excluding hydrogens is 422 g/mol. The first-order valence-corrected chi connectivity index (χ1v) is 10.5. The predicted molar refractivity (Wildman–Crippen MR) is 96.5 cm³/mol. The summed E-state index contributed by atoms with van der Waals surface area (Å²) >= 11 is 6.77. The van der Waals surface area contributed by atoms with Crippen LogP contribution in [-0.4, -0.2) is 56.3 Å². The van der Waals surface area contributed by atoms with Crippen LogP contribution < -0.4 is 4.74 Å². The van der Waals surface area contributed by atoms with Gasteiger partial charge in [0.1, 0.15) is 10.0 Å². The van der Waals surface area contributed by atoms with Crippen molar-refractivity contribution in [1.82, 2.24) is 9.21 Å². The number of piperazine rings is 1. The summed E-state index contributed by atoms with van der Waals surface area (Å²) in [4.78, 5) is 13.6. The van der Waals surface area contributed by atoms with Gasteiger partial charge in [0.25, 0.3) is 15.9 Å². The molecule has 11 heteroatoms. The molecule has 1 aliphatic rings. The van der Waals surface area contributed by atoms with E-state index in [-0.39, 0.29) is 36.1 Å². The maximum absolute atomic E-state index is 13.5. The first-order valence-electron chi connectivity index (χ1n) is 7.88. The Kier molecular flexibility index (Phi) is 5.99. The highest BCUT2D eigenvalue weighted by Gasteiger charge is 2.31. The smallest absolute Gasteiger partial charge is 0.260 e. The van der Waals surface area contributed by atoms with E-state index in [1.165, 1.54) is 21.3 Å². The summed E-state index contributed by atoms with van der Waals surface area (Å²) in [5.74, 6) is -2.26. The van der Waals surface area contributed by atoms with E-state index in [4.69, 9.17) is 16.3 Å². The van der Waals surface area contributed by atoms with Crippen LogP contribution >= 0.6 is 22.9 Å². The fourth-order valence-corrected chi connectivity index (χ4v) is 5.62. The molecule has 0 N–H and O–H groups in total. The molecule has 0 saturated carbocycles. The minimum Gasteiger partial charge on any atom is -0.481 e. The van der Waals surface area contributed by atoms with Crippen LogP contribution in [0.25, 0.3) is 0 Å². The summed E-state index contributed by atoms with van der Waals surface area (Å²) in [5, 5.41) is 0. The van der Waals surface area contributed by atoms with Crippen molar-refractivity contribution in [3.63, 3.8) is 0 Å². The quantitative estimate of drug-likeness (QED) is 0.722. The number of carbonyl (C=O) groups is 1. The number of amides is 1. The minimum atomic E-state index is -3.64. The van der Waals surface area contributed by atoms with Crippen LogP contribution in [0.4, 0.5) is 8.78 Å². The van der Waals surface area contributed by atoms with Gasteiger partial charge >= 0.3 is 0 Å². The molecule has 1 aromatic carbocycles. The van der Waals surface area contributed by atoms with E-state index >= 15 is 0 Å². The molecule has 1 amide bonds. The second-order valence-corrected chi connectivity index (χ2v) is 9.59. The SMILES string of the molecule is O=C(COc1ccc(F)cc1F)N1CCN(S(=O)(=O)c2ccc(Cl)s2)CC1. The summed E-state index contributed by atoms with van der Waals surface area (Å²) in [5.41, 5.74) is 0. The zero-order chi connectivity index (χ0) is 19.6. The number of nitrogens with zero attached hydrogens (tertiary/aromatic N) is 2. The van der Waals surface area contributed by atoms with Crippen molar-refractivity contribution in [2.45, 2.75) is 4.21 Å². The summed E-state index contributed by atoms with van der Waals surface area (Å²) in [6.45, 7) is 0.220. The summed E-state index contributed by atoms with van der Waals surface area (Å²) in [6, 6.07) is 5.77. The average molecular weight is 437 g/mol. The topological polar surface area (TPSA) is 66.9 Å². The van der Waals surface area contributed by atoms with Gasteiger partial charge < -0.3 is 9.64 Å². The Bertz CT molecular complexity index is 944. The summed E-state index contributed by atoms with van der Waals surface area (Å²) in [6.07, 6.45) is 0. The Balaban J connectivity index is 1.55. The van der Waals surface area contributed by atoms with Crippen LogP contribution in [-0.2, 0) is 14.8 Å². The van der Waals surface area contributed by atoms with Crippen LogP contribution in [0.1, 0.15) is 0 Å². The molecule has 27 heavy (non-hydrogen) atoms. The zero-order valence-electron chi connectivity index (χ0n) is 13.9. The van der Waals surface area contributed by atoms with Crippen LogP contribution in [0, 0.1) is 11.6 Å². The molecule has 0 radical (unpaired) electrons. The van der Waals surface area contributed by atoms with E-state index in [2.05, 4.69) is 0 Å². The molecule has 2 aromatic rings. The largest absolute Gasteiger partial charge is 0.481 e. The Morgan fingerprint density at radius 3 is 2.44 bits per heavy atom. The van der Waals surface area contributed by atoms with Gasteiger partial charge in [-0.15, -0.1) is 11.3 Å². The maximum atomic E-state index is 13.5. The van der Waals surface area contributed by atoms with E-state index < -0.39 is 34.2 Å². The lowest BCUT2D eigenvalue weighted by Gasteiger charge is -2.33. The Labute approximate surface area is 164 Å². The first-order chi connectivity index (χ1) is 12.8. The third-order valence-electron chi connectivity index (χ3n) is 3.98. The molecule has 3 rings (SSSR count). The minimum absolute atomic E-state index is 0.133. The van der Waals surface area contributed by atoms with Gasteiger partial charge in [0.05, 0.1) is 4.34 Å². The van der Waals surface area contributed by atoms with Crippen LogP contribution in [0.15, 0.2) is 34.5 Å². The average Bonchev–Trinajstić information content (AvgIpc) is 3.08. The summed E-state index contributed by atoms with van der Waals surface area (Å²) < 4.78 is 58.4. The number of sulfonamides is 1. The van der Waals surface area contributed by atoms with E-state index in [1.54, 1.807) is 0 Å². The lowest BCUT2D eigenvalue weighted by Crippen LogP contribution is -2.51. The van der Waals surface area contributed by atoms with Crippen LogP contribution in [0.5, 0.6) is 5.75 Å². The van der Waals surface area contributed by atoms with E-state index in [0.29, 0.717) is 10.4 Å². The van der Waals surface area contributed by atoms with Gasteiger partial charge in [0.2, 0.25) is 0 Å². The number of halogens is 3. The third kappa shape index (κ3) is 4.57. The molecule has 6 nitrogen and oxygen atoms in total. The number of ether oxygens (including phenoxy) is 1. The Hall–Kier alpha value is -1.75. The van der Waals surface area contributed by atoms with Crippen molar-refractivity contribution in [2.75, 3.05) is 32.8 Å². The highest BCUT2D eigenvalue weighted by Crippen LogP contribution is 2.28. The molecule has 0 unspecified atom stereocenters. The Morgan fingerprint density at radius 1 is 1.15 bits per heavy atom. The molecule has 1 aliphatic heterocycles. The zero-order valence-corrected chi connectivity index (χ0v) is 16.3. The van der Waals surface area contributed by atoms with Crippen molar-refractivity contribution >= 4 is 38.9 Å². The molecule has 2 heterocycles. The van der Waals surface area contributed by atoms with Crippen LogP contribution in [0.3, 0.4) is 0 Å². The van der Waals surface area contributed by atoms with Crippen molar-refractivity contribution in [2.24, 2.45) is 0 Å². The predicted octanol–water partition coefficient (Wildman–Crippen LogP) is 2.59. The summed E-state index contributed by atoms with van der Waals surface area (Å²) in [7, 11) is -3.64. The van der Waals surface area contributed by atoms with Gasteiger partial charge in [-0.1, -0.05) is 11.6 Å². The first kappa shape index (κ1) is 20.0. The molecule has 146 valence electrons. The maximum Gasteiger partial charge on any atom is 0.260 e. The highest BCUT2D eigenvalue weighted by molar-refractivity contribution is 7.91. The molecule has 0 aliphatic carbocycles. The third-order valence-corrected chi connectivity index (χ3v) is 7.58. The molecule has 1 saturated heterocycles. The number of thiophene rings is 1. The van der Waals surface area contributed by atoms with Gasteiger partial charge in [-0.25, -0.2) is 17.2 Å². The lowest BCUT2D eigenvalue weighted by atomic mass is 10.3. The van der Waals surface area contributed by atoms with Gasteiger partial charge in [-0.3, -0.25) is 4.79 Å². The standard InChI is InChI=1S/C16H15ClF2N2O4S2/c17-14-3-4-16(26-14)27(23,24)21-7-5-20(6-8-21)15(22)10-25-13-2-1-11(18)9-12(13)19/h1-4,9H,5-8,10H2. The number of hydrogen-bond acceptors (Lipinski definition) is 5. The number of rotatable bonds is 5. The van der Waals surface area contributed by atoms with E-state index in [0.717, 1.165) is 23.5 Å². The molecule has 0 spiro atoms. The van der Waals surface area contributed by atoms with Crippen molar-refractivity contribution in [1.29, 1.82) is 0 Å². The monoisotopic (exact) mass is 436 g/mol. The molecule has 1 fully saturated rings. The van der Waals surface area contributed by atoms with Gasteiger partial charge in [0.15, 0.2) is 18.2 Å². The second-order valence-electron chi connectivity index (χ2n) is 5.71. The fraction of sp³-hybridized carbons (Fsp3) is 0.312. The second kappa shape index (κ2) is 8.09. The van der Waals surface area contributed by atoms with Crippen LogP contribution in [0.2, 0.25) is 4.34 Å². The molecule has 1 aromatic heterocycles. The fourth-order valence-electron chi connectivity index (χ4n) is 2.56. The van der Waals surface area contributed by atoms with E-state index in [1.807, 2.05) is 0 Å². The number of carbonyl (C=O) groups excluding carboxylic acids is 1. The van der Waals surface area contributed by atoms with Crippen molar-refractivity contribution in [3.05, 3.63) is 46.3 Å².